The first-order valence-electron chi connectivity index (χ1n) is 8.85. The Morgan fingerprint density at radius 3 is 1.96 bits per heavy atom. The van der Waals surface area contributed by atoms with E-state index in [1.165, 1.54) is 0 Å². The van der Waals surface area contributed by atoms with Crippen LogP contribution in [0.5, 0.6) is 0 Å². The van der Waals surface area contributed by atoms with Crippen molar-refractivity contribution >= 4 is 22.0 Å². The molecule has 0 rings (SSSR count). The van der Waals surface area contributed by atoms with Gasteiger partial charge in [0.05, 0.1) is 11.2 Å². The summed E-state index contributed by atoms with van der Waals surface area (Å²) in [5.74, 6) is -0.930. The van der Waals surface area contributed by atoms with E-state index in [4.69, 9.17) is 9.29 Å². The fourth-order valence-electron chi connectivity index (χ4n) is 3.20. The molecule has 0 saturated carbocycles. The molecule has 154 valence electrons. The lowest BCUT2D eigenvalue weighted by Gasteiger charge is -2.36. The van der Waals surface area contributed by atoms with E-state index in [1.807, 2.05) is 13.8 Å². The first-order chi connectivity index (χ1) is 11.4. The number of carbonyl (C=O) groups is 2. The molecule has 0 heterocycles. The maximum atomic E-state index is 12.6. The van der Waals surface area contributed by atoms with Gasteiger partial charge in [-0.1, -0.05) is 27.7 Å². The molecule has 0 aliphatic rings. The second kappa shape index (κ2) is 8.69. The molecule has 0 spiro atoms. The van der Waals surface area contributed by atoms with E-state index in [0.29, 0.717) is 5.92 Å². The highest BCUT2D eigenvalue weighted by atomic mass is 32.2. The van der Waals surface area contributed by atoms with Crippen molar-refractivity contribution in [1.82, 2.24) is 5.32 Å². The van der Waals surface area contributed by atoms with Crippen LogP contribution in [0, 0.1) is 16.7 Å². The van der Waals surface area contributed by atoms with Gasteiger partial charge in [-0.25, -0.2) is 0 Å². The molecule has 8 heteroatoms. The van der Waals surface area contributed by atoms with Gasteiger partial charge in [0, 0.05) is 12.0 Å². The molecule has 0 unspecified atom stereocenters. The number of amides is 1. The summed E-state index contributed by atoms with van der Waals surface area (Å²) >= 11 is 0. The van der Waals surface area contributed by atoms with Crippen LogP contribution in [-0.2, 0) is 24.4 Å². The second-order valence-corrected chi connectivity index (χ2v) is 10.8. The Hall–Kier alpha value is -1.15. The zero-order valence-electron chi connectivity index (χ0n) is 17.3. The highest BCUT2D eigenvalue weighted by molar-refractivity contribution is 7.85. The molecular weight excluding hydrogens is 358 g/mol. The fourth-order valence-corrected chi connectivity index (χ4v) is 3.56. The molecule has 2 N–H and O–H groups in total. The molecule has 0 radical (unpaired) electrons. The minimum absolute atomic E-state index is 0.187. The molecule has 0 aliphatic heterocycles. The van der Waals surface area contributed by atoms with Crippen molar-refractivity contribution in [2.45, 2.75) is 73.8 Å². The molecule has 0 aromatic heterocycles. The number of nitrogens with one attached hydrogen (secondary N) is 1. The number of esters is 1. The van der Waals surface area contributed by atoms with Crippen LogP contribution in [0.15, 0.2) is 0 Å². The maximum Gasteiger partial charge on any atom is 0.312 e. The lowest BCUT2D eigenvalue weighted by Crippen LogP contribution is -2.44. The number of hydrogen-bond donors (Lipinski definition) is 2. The fraction of sp³-hybridized carbons (Fsp3) is 0.889. The maximum absolute atomic E-state index is 12.6. The predicted octanol–water partition coefficient (Wildman–Crippen LogP) is 2.80. The van der Waals surface area contributed by atoms with Gasteiger partial charge in [-0.3, -0.25) is 14.1 Å². The van der Waals surface area contributed by atoms with Gasteiger partial charge in [0.15, 0.2) is 0 Å². The van der Waals surface area contributed by atoms with Crippen molar-refractivity contribution in [3.8, 4) is 0 Å². The quantitative estimate of drug-likeness (QED) is 0.436. The highest BCUT2D eigenvalue weighted by Crippen LogP contribution is 2.36. The normalized spacial score (nSPS) is 13.6. The number of rotatable bonds is 10. The van der Waals surface area contributed by atoms with Crippen molar-refractivity contribution in [2.24, 2.45) is 16.7 Å². The van der Waals surface area contributed by atoms with Gasteiger partial charge in [0.2, 0.25) is 5.91 Å². The van der Waals surface area contributed by atoms with Crippen LogP contribution < -0.4 is 5.32 Å². The van der Waals surface area contributed by atoms with Crippen LogP contribution in [-0.4, -0.2) is 42.7 Å². The standard InChI is InChI=1S/C18H35NO6S/c1-13(2)11-18(7,8)25-15(21)17(5,6)12-16(3,4)14(20)19-9-10-26(22,23)24/h13H,9-12H2,1-8H3,(H,19,20)(H,22,23,24). The van der Waals surface area contributed by atoms with Crippen molar-refractivity contribution in [1.29, 1.82) is 0 Å². The molecule has 0 fully saturated rings. The molecule has 1 amide bonds. The minimum Gasteiger partial charge on any atom is -0.459 e. The first-order valence-corrected chi connectivity index (χ1v) is 10.5. The molecule has 0 bridgehead atoms. The van der Waals surface area contributed by atoms with E-state index in [-0.39, 0.29) is 24.8 Å². The summed E-state index contributed by atoms with van der Waals surface area (Å²) in [4.78, 5) is 25.0. The van der Waals surface area contributed by atoms with Gasteiger partial charge >= 0.3 is 5.97 Å². The van der Waals surface area contributed by atoms with Crippen LogP contribution in [0.25, 0.3) is 0 Å². The average molecular weight is 394 g/mol. The summed E-state index contributed by atoms with van der Waals surface area (Å²) in [6.45, 7) is 14.5. The Labute approximate surface area is 158 Å². The molecule has 0 aliphatic carbocycles. The number of ether oxygens (including phenoxy) is 1. The van der Waals surface area contributed by atoms with Crippen molar-refractivity contribution < 1.29 is 27.3 Å². The summed E-state index contributed by atoms with van der Waals surface area (Å²) in [6.07, 6.45) is 0.961. The van der Waals surface area contributed by atoms with E-state index in [1.54, 1.807) is 27.7 Å². The van der Waals surface area contributed by atoms with Crippen LogP contribution >= 0.6 is 0 Å². The second-order valence-electron chi connectivity index (χ2n) is 9.23. The third-order valence-corrected chi connectivity index (χ3v) is 4.69. The number of carbonyl (C=O) groups excluding carboxylic acids is 2. The third-order valence-electron chi connectivity index (χ3n) is 3.97. The Morgan fingerprint density at radius 1 is 1.04 bits per heavy atom. The first kappa shape index (κ1) is 24.8. The van der Waals surface area contributed by atoms with E-state index >= 15 is 0 Å². The molecule has 0 aromatic carbocycles. The summed E-state index contributed by atoms with van der Waals surface area (Å²) < 4.78 is 35.9. The van der Waals surface area contributed by atoms with Crippen molar-refractivity contribution in [3.05, 3.63) is 0 Å². The summed E-state index contributed by atoms with van der Waals surface area (Å²) in [6, 6.07) is 0. The summed E-state index contributed by atoms with van der Waals surface area (Å²) in [5, 5.41) is 2.49. The molecule has 0 saturated heterocycles. The summed E-state index contributed by atoms with van der Waals surface area (Å²) in [5.41, 5.74) is -2.40. The van der Waals surface area contributed by atoms with Crippen LogP contribution in [0.3, 0.4) is 0 Å². The molecule has 0 atom stereocenters. The Kier molecular flexibility index (Phi) is 8.31. The summed E-state index contributed by atoms with van der Waals surface area (Å²) in [7, 11) is -4.13. The highest BCUT2D eigenvalue weighted by Gasteiger charge is 2.41. The lowest BCUT2D eigenvalue weighted by atomic mass is 9.74. The predicted molar refractivity (Wildman–Crippen MR) is 101 cm³/mol. The average Bonchev–Trinajstić information content (AvgIpc) is 2.33. The number of hydrogen-bond acceptors (Lipinski definition) is 5. The van der Waals surface area contributed by atoms with E-state index in [2.05, 4.69) is 19.2 Å². The van der Waals surface area contributed by atoms with Gasteiger partial charge in [-0.15, -0.1) is 0 Å². The Morgan fingerprint density at radius 2 is 1.54 bits per heavy atom. The minimum atomic E-state index is -4.13. The topological polar surface area (TPSA) is 110 Å². The zero-order valence-corrected chi connectivity index (χ0v) is 18.1. The van der Waals surface area contributed by atoms with Gasteiger partial charge in [0.1, 0.15) is 5.60 Å². The van der Waals surface area contributed by atoms with Crippen molar-refractivity contribution in [2.75, 3.05) is 12.3 Å². The van der Waals surface area contributed by atoms with Crippen molar-refractivity contribution in [3.63, 3.8) is 0 Å². The zero-order chi connectivity index (χ0) is 21.0. The molecule has 26 heavy (non-hydrogen) atoms. The lowest BCUT2D eigenvalue weighted by molar-refractivity contribution is -0.170. The molecule has 0 aromatic rings. The smallest absolute Gasteiger partial charge is 0.312 e. The molecule has 7 nitrogen and oxygen atoms in total. The van der Waals surface area contributed by atoms with Gasteiger partial charge in [-0.2, -0.15) is 8.42 Å². The molecular formula is C18H35NO6S. The SMILES string of the molecule is CC(C)CC(C)(C)OC(=O)C(C)(C)CC(C)(C)C(=O)NCCS(=O)(=O)O. The monoisotopic (exact) mass is 393 g/mol. The van der Waals surface area contributed by atoms with Gasteiger partial charge in [-0.05, 0) is 46.5 Å². The van der Waals surface area contributed by atoms with Crippen LogP contribution in [0.2, 0.25) is 0 Å². The Balaban J connectivity index is 4.92. The van der Waals surface area contributed by atoms with E-state index < -0.39 is 32.3 Å². The van der Waals surface area contributed by atoms with E-state index in [9.17, 15) is 18.0 Å². The third kappa shape index (κ3) is 9.52. The van der Waals surface area contributed by atoms with Gasteiger partial charge in [0.25, 0.3) is 10.1 Å². The Bertz CT molecular complexity index is 605. The van der Waals surface area contributed by atoms with Crippen LogP contribution in [0.4, 0.5) is 0 Å². The largest absolute Gasteiger partial charge is 0.459 e. The van der Waals surface area contributed by atoms with E-state index in [0.717, 1.165) is 6.42 Å². The van der Waals surface area contributed by atoms with Crippen LogP contribution in [0.1, 0.15) is 68.2 Å². The van der Waals surface area contributed by atoms with Gasteiger partial charge < -0.3 is 10.1 Å².